The summed E-state index contributed by atoms with van der Waals surface area (Å²) in [6, 6.07) is 9.83. The van der Waals surface area contributed by atoms with Crippen LogP contribution in [0.4, 0.5) is 0 Å². The third kappa shape index (κ3) is 6.66. The first kappa shape index (κ1) is 25.4. The molecule has 178 valence electrons. The summed E-state index contributed by atoms with van der Waals surface area (Å²) in [6.45, 7) is 2.27. The van der Waals surface area contributed by atoms with Crippen molar-refractivity contribution in [3.63, 3.8) is 0 Å². The highest BCUT2D eigenvalue weighted by Gasteiger charge is 2.15. The summed E-state index contributed by atoms with van der Waals surface area (Å²) in [4.78, 5) is 0. The van der Waals surface area contributed by atoms with Crippen LogP contribution >= 0.6 is 40.1 Å². The molecule has 3 aromatic rings. The smallest absolute Gasteiger partial charge is 0.231 e. The minimum absolute atomic E-state index is 0. The Morgan fingerprint density at radius 1 is 1.18 bits per heavy atom. The summed E-state index contributed by atoms with van der Waals surface area (Å²) in [5.74, 6) is 3.80. The highest BCUT2D eigenvalue weighted by Crippen LogP contribution is 2.38. The molecule has 2 heterocycles. The molecule has 0 saturated heterocycles. The molecule has 0 bridgehead atoms. The summed E-state index contributed by atoms with van der Waals surface area (Å²) >= 11 is 5.27. The number of hydrogen-bond donors (Lipinski definition) is 1. The maximum Gasteiger partial charge on any atom is 0.231 e. The lowest BCUT2D eigenvalue weighted by Gasteiger charge is -2.15. The van der Waals surface area contributed by atoms with Crippen molar-refractivity contribution in [1.82, 2.24) is 25.5 Å². The highest BCUT2D eigenvalue weighted by molar-refractivity contribution is 9.10. The van der Waals surface area contributed by atoms with Gasteiger partial charge in [0, 0.05) is 19.3 Å². The second-order valence-corrected chi connectivity index (χ2v) is 8.97. The molecule has 1 N–H and O–H groups in total. The second-order valence-electron chi connectivity index (χ2n) is 7.05. The van der Waals surface area contributed by atoms with Gasteiger partial charge >= 0.3 is 0 Å². The summed E-state index contributed by atoms with van der Waals surface area (Å²) in [6.07, 6.45) is 1.01. The van der Waals surface area contributed by atoms with Gasteiger partial charge in [0.25, 0.3) is 0 Å². The van der Waals surface area contributed by atoms with Crippen LogP contribution in [0.3, 0.4) is 0 Å². The normalized spacial score (nSPS) is 11.8. The summed E-state index contributed by atoms with van der Waals surface area (Å²) < 4.78 is 24.9. The Labute approximate surface area is 211 Å². The molecular formula is C21H25BrClN5O4S. The van der Waals surface area contributed by atoms with E-state index in [2.05, 4.69) is 36.8 Å². The van der Waals surface area contributed by atoms with Crippen LogP contribution in [-0.2, 0) is 20.2 Å². The molecule has 0 fully saturated rings. The minimum atomic E-state index is 0. The Morgan fingerprint density at radius 2 is 2.03 bits per heavy atom. The van der Waals surface area contributed by atoms with Gasteiger partial charge in [-0.1, -0.05) is 17.8 Å². The average molecular weight is 559 g/mol. The lowest BCUT2D eigenvalue weighted by atomic mass is 10.2. The van der Waals surface area contributed by atoms with E-state index in [0.29, 0.717) is 18.1 Å². The van der Waals surface area contributed by atoms with Gasteiger partial charge in [0.2, 0.25) is 11.9 Å². The number of ether oxygens (including phenoxy) is 4. The van der Waals surface area contributed by atoms with Crippen molar-refractivity contribution in [1.29, 1.82) is 0 Å². The van der Waals surface area contributed by atoms with Crippen LogP contribution in [0.5, 0.6) is 23.0 Å². The van der Waals surface area contributed by atoms with E-state index in [1.54, 1.807) is 23.6 Å². The van der Waals surface area contributed by atoms with Crippen LogP contribution in [0.25, 0.3) is 0 Å². The summed E-state index contributed by atoms with van der Waals surface area (Å²) in [7, 11) is 3.49. The van der Waals surface area contributed by atoms with E-state index >= 15 is 0 Å². The van der Waals surface area contributed by atoms with Gasteiger partial charge in [-0.3, -0.25) is 0 Å². The van der Waals surface area contributed by atoms with Gasteiger partial charge < -0.3 is 24.3 Å². The van der Waals surface area contributed by atoms with Crippen molar-refractivity contribution >= 4 is 40.1 Å². The predicted octanol–water partition coefficient (Wildman–Crippen LogP) is 3.98. The summed E-state index contributed by atoms with van der Waals surface area (Å²) in [5.41, 5.74) is 2.10. The fraction of sp³-hybridized carbons (Fsp3) is 0.381. The van der Waals surface area contributed by atoms with Crippen LogP contribution in [0, 0.1) is 0 Å². The molecule has 12 heteroatoms. The van der Waals surface area contributed by atoms with Crippen LogP contribution in [0.2, 0.25) is 0 Å². The molecule has 0 unspecified atom stereocenters. The van der Waals surface area contributed by atoms with Crippen LogP contribution < -0.4 is 24.3 Å². The number of aryl methyl sites for hydroxylation is 1. The largest absolute Gasteiger partial charge is 0.493 e. The van der Waals surface area contributed by atoms with Crippen LogP contribution in [0.15, 0.2) is 40.0 Å². The van der Waals surface area contributed by atoms with Crippen molar-refractivity contribution < 1.29 is 18.9 Å². The molecule has 0 radical (unpaired) electrons. The second kappa shape index (κ2) is 12.3. The quantitative estimate of drug-likeness (QED) is 0.277. The number of halogens is 2. The first-order chi connectivity index (χ1) is 15.6. The van der Waals surface area contributed by atoms with Crippen molar-refractivity contribution in [3.05, 3.63) is 45.9 Å². The third-order valence-electron chi connectivity index (χ3n) is 4.75. The first-order valence-corrected chi connectivity index (χ1v) is 11.9. The van der Waals surface area contributed by atoms with Gasteiger partial charge in [-0.25, -0.2) is 4.68 Å². The Morgan fingerprint density at radius 3 is 2.82 bits per heavy atom. The lowest BCUT2D eigenvalue weighted by Crippen LogP contribution is -2.15. The minimum Gasteiger partial charge on any atom is -0.493 e. The van der Waals surface area contributed by atoms with E-state index in [0.717, 1.165) is 57.5 Å². The maximum absolute atomic E-state index is 6.05. The molecular weight excluding hydrogens is 534 g/mol. The zero-order valence-corrected chi connectivity index (χ0v) is 21.5. The molecule has 9 nitrogen and oxygen atoms in total. The molecule has 0 atom stereocenters. The number of aromatic nitrogens is 4. The SMILES string of the molecule is COc1cc(CNCCCSc2nnnn2C)cc(Br)c1OCc1ccc2c(c1)OCO2.Cl. The van der Waals surface area contributed by atoms with E-state index in [1.165, 1.54) is 0 Å². The fourth-order valence-corrected chi connectivity index (χ4v) is 4.53. The van der Waals surface area contributed by atoms with Crippen molar-refractivity contribution in [2.24, 2.45) is 7.05 Å². The molecule has 1 aliphatic rings. The molecule has 0 aliphatic carbocycles. The Kier molecular flexibility index (Phi) is 9.48. The van der Waals surface area contributed by atoms with Gasteiger partial charge in [0.1, 0.15) is 6.61 Å². The number of fused-ring (bicyclic) bond motifs is 1. The van der Waals surface area contributed by atoms with E-state index in [1.807, 2.05) is 37.4 Å². The number of methoxy groups -OCH3 is 1. The van der Waals surface area contributed by atoms with Crippen molar-refractivity contribution in [3.8, 4) is 23.0 Å². The molecule has 33 heavy (non-hydrogen) atoms. The molecule has 0 saturated carbocycles. The maximum atomic E-state index is 6.05. The zero-order chi connectivity index (χ0) is 22.3. The topological polar surface area (TPSA) is 92.6 Å². The molecule has 4 rings (SSSR count). The Hall–Kier alpha value is -2.21. The molecule has 0 amide bonds. The highest BCUT2D eigenvalue weighted by atomic mass is 79.9. The van der Waals surface area contributed by atoms with Gasteiger partial charge in [0.15, 0.2) is 23.0 Å². The fourth-order valence-electron chi connectivity index (χ4n) is 3.14. The number of benzene rings is 2. The van der Waals surface area contributed by atoms with E-state index in [4.69, 9.17) is 18.9 Å². The van der Waals surface area contributed by atoms with E-state index in [-0.39, 0.29) is 19.2 Å². The van der Waals surface area contributed by atoms with Crippen molar-refractivity contribution in [2.45, 2.75) is 24.7 Å². The Balaban J connectivity index is 0.00000306. The van der Waals surface area contributed by atoms with Crippen LogP contribution in [-0.4, -0.2) is 46.4 Å². The molecule has 1 aliphatic heterocycles. The lowest BCUT2D eigenvalue weighted by molar-refractivity contribution is 0.174. The number of thioether (sulfide) groups is 1. The Bertz CT molecular complexity index is 1070. The number of hydrogen-bond acceptors (Lipinski definition) is 9. The van der Waals surface area contributed by atoms with Gasteiger partial charge in [-0.05, 0) is 74.7 Å². The molecule has 1 aromatic heterocycles. The number of nitrogens with one attached hydrogen (secondary N) is 1. The molecule has 0 spiro atoms. The summed E-state index contributed by atoms with van der Waals surface area (Å²) in [5, 5.41) is 15.7. The predicted molar refractivity (Wildman–Crippen MR) is 131 cm³/mol. The number of rotatable bonds is 11. The molecule has 2 aromatic carbocycles. The monoisotopic (exact) mass is 557 g/mol. The zero-order valence-electron chi connectivity index (χ0n) is 18.2. The van der Waals surface area contributed by atoms with Crippen LogP contribution in [0.1, 0.15) is 17.5 Å². The van der Waals surface area contributed by atoms with Gasteiger partial charge in [-0.15, -0.1) is 17.5 Å². The van der Waals surface area contributed by atoms with E-state index in [9.17, 15) is 0 Å². The third-order valence-corrected chi connectivity index (χ3v) is 6.43. The van der Waals surface area contributed by atoms with Crippen molar-refractivity contribution in [2.75, 3.05) is 26.2 Å². The first-order valence-electron chi connectivity index (χ1n) is 10.1. The van der Waals surface area contributed by atoms with Gasteiger partial charge in [0.05, 0.1) is 11.6 Å². The average Bonchev–Trinajstić information content (AvgIpc) is 3.43. The standard InChI is InChI=1S/C21H24BrN5O4S.ClH/c1-27-21(24-25-26-27)32-7-3-6-23-11-15-8-16(22)20(19(10-15)28-2)29-12-14-4-5-17-18(9-14)31-13-30-17;/h4-5,8-10,23H,3,6-7,11-13H2,1-2H3;1H. The number of tetrazole rings is 1. The van der Waals surface area contributed by atoms with E-state index < -0.39 is 0 Å². The number of nitrogens with zero attached hydrogens (tertiary/aromatic N) is 4. The van der Waals surface area contributed by atoms with Gasteiger partial charge in [-0.2, -0.15) is 0 Å².